The van der Waals surface area contributed by atoms with Crippen molar-refractivity contribution in [3.8, 4) is 0 Å². The van der Waals surface area contributed by atoms with Crippen LogP contribution in [0.4, 0.5) is 0 Å². The Balaban J connectivity index is 0.00000361. The van der Waals surface area contributed by atoms with Crippen LogP contribution in [0.15, 0.2) is 28.7 Å². The molecule has 20 heavy (non-hydrogen) atoms. The second-order valence-electron chi connectivity index (χ2n) is 5.15. The fourth-order valence-corrected chi connectivity index (χ4v) is 2.37. The van der Waals surface area contributed by atoms with Crippen molar-refractivity contribution in [2.75, 3.05) is 0 Å². The van der Waals surface area contributed by atoms with E-state index in [2.05, 4.69) is 33.4 Å². The molecular formula is C15H24BrClN2O. The van der Waals surface area contributed by atoms with Gasteiger partial charge in [0.2, 0.25) is 5.91 Å². The predicted octanol–water partition coefficient (Wildman–Crippen LogP) is 3.29. The van der Waals surface area contributed by atoms with Gasteiger partial charge in [0.1, 0.15) is 0 Å². The Morgan fingerprint density at radius 1 is 1.40 bits per heavy atom. The van der Waals surface area contributed by atoms with Crippen LogP contribution < -0.4 is 11.1 Å². The second-order valence-corrected chi connectivity index (χ2v) is 6.07. The van der Waals surface area contributed by atoms with Crippen molar-refractivity contribution in [1.82, 2.24) is 5.32 Å². The third kappa shape index (κ3) is 6.25. The molecule has 0 saturated heterocycles. The summed E-state index contributed by atoms with van der Waals surface area (Å²) in [4.78, 5) is 12.0. The summed E-state index contributed by atoms with van der Waals surface area (Å²) in [5, 5.41) is 2.98. The van der Waals surface area contributed by atoms with Gasteiger partial charge in [-0.1, -0.05) is 48.3 Å². The van der Waals surface area contributed by atoms with E-state index in [9.17, 15) is 4.79 Å². The molecule has 0 spiro atoms. The average molecular weight is 364 g/mol. The standard InChI is InChI=1S/C15H23BrN2O.ClH/c1-4-10(2)14(17)15(19)18-11(3)8-12-6-5-7-13(16)9-12;/h5-7,9-11,14H,4,8,17H2,1-3H3,(H,18,19);1H. The van der Waals surface area contributed by atoms with E-state index in [0.29, 0.717) is 0 Å². The van der Waals surface area contributed by atoms with Crippen molar-refractivity contribution in [3.63, 3.8) is 0 Å². The lowest BCUT2D eigenvalue weighted by molar-refractivity contribution is -0.124. The van der Waals surface area contributed by atoms with E-state index in [1.165, 1.54) is 5.56 Å². The summed E-state index contributed by atoms with van der Waals surface area (Å²) in [6.45, 7) is 6.05. The summed E-state index contributed by atoms with van der Waals surface area (Å²) >= 11 is 3.45. The molecule has 114 valence electrons. The number of nitrogens with one attached hydrogen (secondary N) is 1. The normalized spacial score (nSPS) is 14.8. The zero-order chi connectivity index (χ0) is 14.4. The third-order valence-corrected chi connectivity index (χ3v) is 3.87. The number of benzene rings is 1. The molecule has 3 unspecified atom stereocenters. The molecule has 0 heterocycles. The Labute approximate surface area is 136 Å². The van der Waals surface area contributed by atoms with Gasteiger partial charge in [0.15, 0.2) is 0 Å². The summed E-state index contributed by atoms with van der Waals surface area (Å²) in [5.74, 6) is 0.148. The van der Waals surface area contributed by atoms with Gasteiger partial charge < -0.3 is 11.1 Å². The van der Waals surface area contributed by atoms with Crippen LogP contribution in [0.5, 0.6) is 0 Å². The van der Waals surface area contributed by atoms with Crippen molar-refractivity contribution < 1.29 is 4.79 Å². The highest BCUT2D eigenvalue weighted by Crippen LogP contribution is 2.13. The molecular weight excluding hydrogens is 340 g/mol. The summed E-state index contributed by atoms with van der Waals surface area (Å²) in [5.41, 5.74) is 7.11. The SMILES string of the molecule is CCC(C)C(N)C(=O)NC(C)Cc1cccc(Br)c1.Cl. The third-order valence-electron chi connectivity index (χ3n) is 3.38. The average Bonchev–Trinajstić information content (AvgIpc) is 2.36. The van der Waals surface area contributed by atoms with E-state index < -0.39 is 6.04 Å². The maximum absolute atomic E-state index is 12.0. The smallest absolute Gasteiger partial charge is 0.237 e. The Morgan fingerprint density at radius 2 is 2.05 bits per heavy atom. The van der Waals surface area contributed by atoms with Crippen molar-refractivity contribution >= 4 is 34.2 Å². The fourth-order valence-electron chi connectivity index (χ4n) is 1.92. The van der Waals surface area contributed by atoms with Gasteiger partial charge in [-0.3, -0.25) is 4.79 Å². The number of hydrogen-bond donors (Lipinski definition) is 2. The lowest BCUT2D eigenvalue weighted by atomic mass is 9.98. The van der Waals surface area contributed by atoms with E-state index in [-0.39, 0.29) is 30.3 Å². The quantitative estimate of drug-likeness (QED) is 0.815. The first-order valence-corrected chi connectivity index (χ1v) is 7.53. The second kappa shape index (κ2) is 9.37. The van der Waals surface area contributed by atoms with E-state index in [1.54, 1.807) is 0 Å². The highest BCUT2D eigenvalue weighted by atomic mass is 79.9. The summed E-state index contributed by atoms with van der Waals surface area (Å²) < 4.78 is 1.06. The number of halogens is 2. The van der Waals surface area contributed by atoms with Gasteiger partial charge in [0.05, 0.1) is 6.04 Å². The predicted molar refractivity (Wildman–Crippen MR) is 90.1 cm³/mol. The molecule has 3 N–H and O–H groups in total. The first-order chi connectivity index (χ1) is 8.93. The van der Waals surface area contributed by atoms with Gasteiger partial charge in [-0.2, -0.15) is 0 Å². The first-order valence-electron chi connectivity index (χ1n) is 6.74. The van der Waals surface area contributed by atoms with E-state index in [4.69, 9.17) is 5.73 Å². The van der Waals surface area contributed by atoms with Crippen LogP contribution in [0.3, 0.4) is 0 Å². The molecule has 1 aromatic carbocycles. The summed E-state index contributed by atoms with van der Waals surface area (Å²) in [6.07, 6.45) is 1.72. The summed E-state index contributed by atoms with van der Waals surface area (Å²) in [7, 11) is 0. The Hall–Kier alpha value is -0.580. The van der Waals surface area contributed by atoms with E-state index in [1.807, 2.05) is 32.9 Å². The minimum Gasteiger partial charge on any atom is -0.352 e. The van der Waals surface area contributed by atoms with Gasteiger partial charge in [0, 0.05) is 10.5 Å². The van der Waals surface area contributed by atoms with Crippen LogP contribution >= 0.6 is 28.3 Å². The molecule has 0 fully saturated rings. The Bertz CT molecular complexity index is 428. The molecule has 0 aromatic heterocycles. The molecule has 1 amide bonds. The molecule has 3 atom stereocenters. The molecule has 1 aromatic rings. The van der Waals surface area contributed by atoms with Crippen LogP contribution in [-0.4, -0.2) is 18.0 Å². The number of carbonyl (C=O) groups is 1. The van der Waals surface area contributed by atoms with Gasteiger partial charge in [0.25, 0.3) is 0 Å². The van der Waals surface area contributed by atoms with E-state index >= 15 is 0 Å². The lowest BCUT2D eigenvalue weighted by Gasteiger charge is -2.21. The highest BCUT2D eigenvalue weighted by Gasteiger charge is 2.20. The van der Waals surface area contributed by atoms with Crippen LogP contribution in [0, 0.1) is 5.92 Å². The molecule has 5 heteroatoms. The molecule has 0 radical (unpaired) electrons. The molecule has 1 rings (SSSR count). The summed E-state index contributed by atoms with van der Waals surface area (Å²) in [6, 6.07) is 7.77. The molecule has 3 nitrogen and oxygen atoms in total. The van der Waals surface area contributed by atoms with Gasteiger partial charge in [-0.25, -0.2) is 0 Å². The van der Waals surface area contributed by atoms with Crippen LogP contribution in [0.25, 0.3) is 0 Å². The molecule has 0 aliphatic heterocycles. The maximum Gasteiger partial charge on any atom is 0.237 e. The number of carbonyl (C=O) groups excluding carboxylic acids is 1. The number of rotatable bonds is 6. The molecule has 0 aliphatic rings. The van der Waals surface area contributed by atoms with Crippen molar-refractivity contribution in [2.45, 2.75) is 45.7 Å². The molecule has 0 bridgehead atoms. The fraction of sp³-hybridized carbons (Fsp3) is 0.533. The van der Waals surface area contributed by atoms with Gasteiger partial charge in [-0.15, -0.1) is 12.4 Å². The van der Waals surface area contributed by atoms with Crippen LogP contribution in [-0.2, 0) is 11.2 Å². The molecule has 0 saturated carbocycles. The first kappa shape index (κ1) is 19.4. The van der Waals surface area contributed by atoms with E-state index in [0.717, 1.165) is 17.3 Å². The number of nitrogens with two attached hydrogens (primary N) is 1. The van der Waals surface area contributed by atoms with Crippen LogP contribution in [0.1, 0.15) is 32.8 Å². The Morgan fingerprint density at radius 3 is 2.60 bits per heavy atom. The zero-order valence-corrected chi connectivity index (χ0v) is 14.6. The number of hydrogen-bond acceptors (Lipinski definition) is 2. The lowest BCUT2D eigenvalue weighted by Crippen LogP contribution is -2.48. The van der Waals surface area contributed by atoms with Crippen LogP contribution in [0.2, 0.25) is 0 Å². The van der Waals surface area contributed by atoms with Gasteiger partial charge in [-0.05, 0) is 37.0 Å². The zero-order valence-electron chi connectivity index (χ0n) is 12.2. The van der Waals surface area contributed by atoms with Gasteiger partial charge >= 0.3 is 0 Å². The van der Waals surface area contributed by atoms with Crippen molar-refractivity contribution in [2.24, 2.45) is 11.7 Å². The Kier molecular flexibility index (Phi) is 9.10. The van der Waals surface area contributed by atoms with Crippen molar-refractivity contribution in [3.05, 3.63) is 34.3 Å². The number of amides is 1. The topological polar surface area (TPSA) is 55.1 Å². The maximum atomic E-state index is 12.0. The highest BCUT2D eigenvalue weighted by molar-refractivity contribution is 9.10. The largest absolute Gasteiger partial charge is 0.352 e. The monoisotopic (exact) mass is 362 g/mol. The molecule has 0 aliphatic carbocycles. The van der Waals surface area contributed by atoms with Crippen molar-refractivity contribution in [1.29, 1.82) is 0 Å². The minimum atomic E-state index is -0.421. The minimum absolute atomic E-state index is 0.